The molecule has 0 bridgehead atoms. The van der Waals surface area contributed by atoms with E-state index in [1.165, 1.54) is 49.7 Å². The molecule has 0 aliphatic heterocycles. The van der Waals surface area contributed by atoms with Crippen molar-refractivity contribution in [2.45, 2.75) is 51.0 Å². The Balaban J connectivity index is 1.48. The number of hydrogen-bond acceptors (Lipinski definition) is 2. The fourth-order valence-corrected chi connectivity index (χ4v) is 3.31. The fraction of sp³-hybridized carbons (Fsp3) is 0.647. The number of aliphatic hydroxyl groups excluding tert-OH is 1. The highest BCUT2D eigenvalue weighted by atomic mass is 16.3. The normalized spacial score (nSPS) is 21.7. The van der Waals surface area contributed by atoms with E-state index in [4.69, 9.17) is 0 Å². The third-order valence-corrected chi connectivity index (χ3v) is 4.86. The predicted molar refractivity (Wildman–Crippen MR) is 78.1 cm³/mol. The van der Waals surface area contributed by atoms with Crippen LogP contribution in [0, 0.1) is 5.41 Å². The molecule has 0 radical (unpaired) electrons. The Kier molecular flexibility index (Phi) is 3.90. The predicted octanol–water partition coefficient (Wildman–Crippen LogP) is 3.21. The molecule has 1 aromatic carbocycles. The molecule has 0 atom stereocenters. The van der Waals surface area contributed by atoms with E-state index >= 15 is 0 Å². The van der Waals surface area contributed by atoms with Crippen molar-refractivity contribution in [3.63, 3.8) is 0 Å². The quantitative estimate of drug-likeness (QED) is 0.822. The summed E-state index contributed by atoms with van der Waals surface area (Å²) in [6.45, 7) is 2.21. The van der Waals surface area contributed by atoms with Crippen molar-refractivity contribution in [3.8, 4) is 0 Å². The summed E-state index contributed by atoms with van der Waals surface area (Å²) in [5, 5.41) is 13.1. The van der Waals surface area contributed by atoms with Crippen LogP contribution in [-0.4, -0.2) is 18.3 Å². The van der Waals surface area contributed by atoms with Gasteiger partial charge in [-0.3, -0.25) is 0 Å². The summed E-state index contributed by atoms with van der Waals surface area (Å²) < 4.78 is 0. The number of rotatable bonds is 6. The van der Waals surface area contributed by atoms with Crippen LogP contribution in [0.25, 0.3) is 0 Å². The standard InChI is InChI=1S/C17H25NO/c19-13-17(9-1-2-10-17)12-18-11-14-3-5-15(6-4-14)16-7-8-16/h3-6,16,18-19H,1-2,7-13H2. The van der Waals surface area contributed by atoms with Crippen LogP contribution in [0.3, 0.4) is 0 Å². The van der Waals surface area contributed by atoms with Crippen LogP contribution in [0.1, 0.15) is 55.6 Å². The molecule has 104 valence electrons. The smallest absolute Gasteiger partial charge is 0.0499 e. The highest BCUT2D eigenvalue weighted by Gasteiger charge is 2.32. The molecule has 0 spiro atoms. The lowest BCUT2D eigenvalue weighted by atomic mass is 9.87. The second-order valence-electron chi connectivity index (χ2n) is 6.48. The second kappa shape index (κ2) is 5.64. The molecule has 2 fully saturated rings. The first kappa shape index (κ1) is 13.1. The largest absolute Gasteiger partial charge is 0.396 e. The van der Waals surface area contributed by atoms with Crippen LogP contribution >= 0.6 is 0 Å². The van der Waals surface area contributed by atoms with Gasteiger partial charge >= 0.3 is 0 Å². The van der Waals surface area contributed by atoms with Crippen LogP contribution in [0.4, 0.5) is 0 Å². The molecule has 0 aromatic heterocycles. The molecule has 1 aromatic rings. The van der Waals surface area contributed by atoms with Crippen LogP contribution < -0.4 is 5.32 Å². The molecule has 19 heavy (non-hydrogen) atoms. The van der Waals surface area contributed by atoms with Gasteiger partial charge in [-0.15, -0.1) is 0 Å². The van der Waals surface area contributed by atoms with E-state index in [1.807, 2.05) is 0 Å². The lowest BCUT2D eigenvalue weighted by molar-refractivity contribution is 0.128. The van der Waals surface area contributed by atoms with Crippen LogP contribution in [0.2, 0.25) is 0 Å². The average Bonchev–Trinajstić information content (AvgIpc) is 3.20. The second-order valence-corrected chi connectivity index (χ2v) is 6.48. The monoisotopic (exact) mass is 259 g/mol. The lowest BCUT2D eigenvalue weighted by Crippen LogP contribution is -2.34. The fourth-order valence-electron chi connectivity index (χ4n) is 3.31. The number of aliphatic hydroxyl groups is 1. The van der Waals surface area contributed by atoms with Gasteiger partial charge in [0.2, 0.25) is 0 Å². The van der Waals surface area contributed by atoms with E-state index in [9.17, 15) is 5.11 Å². The molecular weight excluding hydrogens is 234 g/mol. The Morgan fingerprint density at radius 3 is 2.37 bits per heavy atom. The van der Waals surface area contributed by atoms with Gasteiger partial charge in [-0.1, -0.05) is 37.1 Å². The molecule has 2 saturated carbocycles. The average molecular weight is 259 g/mol. The van der Waals surface area contributed by atoms with E-state index in [0.717, 1.165) is 19.0 Å². The maximum atomic E-state index is 9.58. The molecule has 0 saturated heterocycles. The Morgan fingerprint density at radius 2 is 1.79 bits per heavy atom. The Labute approximate surface area is 116 Å². The van der Waals surface area contributed by atoms with Gasteiger partial charge in [0.1, 0.15) is 0 Å². The highest BCUT2D eigenvalue weighted by molar-refractivity contribution is 5.27. The summed E-state index contributed by atoms with van der Waals surface area (Å²) >= 11 is 0. The summed E-state index contributed by atoms with van der Waals surface area (Å²) in [6, 6.07) is 9.07. The molecule has 2 aliphatic carbocycles. The van der Waals surface area contributed by atoms with E-state index in [0.29, 0.717) is 6.61 Å². The first-order chi connectivity index (χ1) is 9.31. The van der Waals surface area contributed by atoms with Crippen molar-refractivity contribution in [1.82, 2.24) is 5.32 Å². The van der Waals surface area contributed by atoms with Gasteiger partial charge in [0.05, 0.1) is 0 Å². The topological polar surface area (TPSA) is 32.3 Å². The molecule has 3 rings (SSSR count). The summed E-state index contributed by atoms with van der Waals surface area (Å²) in [5.41, 5.74) is 3.02. The van der Waals surface area contributed by atoms with Crippen molar-refractivity contribution in [1.29, 1.82) is 0 Å². The van der Waals surface area contributed by atoms with Crippen molar-refractivity contribution in [3.05, 3.63) is 35.4 Å². The minimum absolute atomic E-state index is 0.161. The summed E-state index contributed by atoms with van der Waals surface area (Å²) in [5.74, 6) is 0.846. The Hall–Kier alpha value is -0.860. The summed E-state index contributed by atoms with van der Waals surface area (Å²) in [7, 11) is 0. The molecule has 0 unspecified atom stereocenters. The molecule has 2 nitrogen and oxygen atoms in total. The zero-order valence-corrected chi connectivity index (χ0v) is 11.7. The van der Waals surface area contributed by atoms with Gasteiger partial charge in [0.15, 0.2) is 0 Å². The van der Waals surface area contributed by atoms with E-state index in [1.54, 1.807) is 0 Å². The summed E-state index contributed by atoms with van der Waals surface area (Å²) in [6.07, 6.45) is 7.65. The maximum Gasteiger partial charge on any atom is 0.0499 e. The van der Waals surface area contributed by atoms with Crippen molar-refractivity contribution >= 4 is 0 Å². The van der Waals surface area contributed by atoms with Gasteiger partial charge in [-0.2, -0.15) is 0 Å². The van der Waals surface area contributed by atoms with E-state index in [2.05, 4.69) is 29.6 Å². The van der Waals surface area contributed by atoms with Gasteiger partial charge in [-0.05, 0) is 42.7 Å². The van der Waals surface area contributed by atoms with Gasteiger partial charge in [-0.25, -0.2) is 0 Å². The van der Waals surface area contributed by atoms with Crippen LogP contribution in [0.15, 0.2) is 24.3 Å². The molecule has 2 N–H and O–H groups in total. The molecule has 0 amide bonds. The molecule has 2 aliphatic rings. The minimum Gasteiger partial charge on any atom is -0.396 e. The van der Waals surface area contributed by atoms with E-state index in [-0.39, 0.29) is 5.41 Å². The maximum absolute atomic E-state index is 9.58. The molecule has 2 heteroatoms. The Bertz CT molecular complexity index is 402. The molecular formula is C17H25NO. The zero-order chi connectivity index (χ0) is 13.1. The van der Waals surface area contributed by atoms with Crippen molar-refractivity contribution < 1.29 is 5.11 Å². The Morgan fingerprint density at radius 1 is 1.11 bits per heavy atom. The summed E-state index contributed by atoms with van der Waals surface area (Å²) in [4.78, 5) is 0. The number of benzene rings is 1. The van der Waals surface area contributed by atoms with Gasteiger partial charge < -0.3 is 10.4 Å². The first-order valence-electron chi connectivity index (χ1n) is 7.72. The van der Waals surface area contributed by atoms with Crippen LogP contribution in [0.5, 0.6) is 0 Å². The minimum atomic E-state index is 0.161. The molecule has 0 heterocycles. The van der Waals surface area contributed by atoms with Gasteiger partial charge in [0.25, 0.3) is 0 Å². The van der Waals surface area contributed by atoms with Crippen molar-refractivity contribution in [2.75, 3.05) is 13.2 Å². The van der Waals surface area contributed by atoms with E-state index < -0.39 is 0 Å². The van der Waals surface area contributed by atoms with Crippen LogP contribution in [-0.2, 0) is 6.54 Å². The third kappa shape index (κ3) is 3.18. The first-order valence-corrected chi connectivity index (χ1v) is 7.72. The SMILES string of the molecule is OCC1(CNCc2ccc(C3CC3)cc2)CCCC1. The number of nitrogens with one attached hydrogen (secondary N) is 1. The third-order valence-electron chi connectivity index (χ3n) is 4.86. The van der Waals surface area contributed by atoms with Gasteiger partial charge in [0, 0.05) is 25.1 Å². The van der Waals surface area contributed by atoms with Crippen molar-refractivity contribution in [2.24, 2.45) is 5.41 Å². The zero-order valence-electron chi connectivity index (χ0n) is 11.7. The number of hydrogen-bond donors (Lipinski definition) is 2. The highest BCUT2D eigenvalue weighted by Crippen LogP contribution is 2.40. The lowest BCUT2D eigenvalue weighted by Gasteiger charge is -2.26.